The minimum atomic E-state index is -0.545. The number of nitrogens with zero attached hydrogens (tertiary/aromatic N) is 4. The predicted molar refractivity (Wildman–Crippen MR) is 86.4 cm³/mol. The summed E-state index contributed by atoms with van der Waals surface area (Å²) in [5.74, 6) is 0.0445. The van der Waals surface area contributed by atoms with Crippen molar-refractivity contribution >= 4 is 23.2 Å². The van der Waals surface area contributed by atoms with Gasteiger partial charge in [0.1, 0.15) is 4.88 Å². The molecule has 2 saturated heterocycles. The Morgan fingerprint density at radius 3 is 2.48 bits per heavy atom. The lowest BCUT2D eigenvalue weighted by Crippen LogP contribution is -2.54. The van der Waals surface area contributed by atoms with Crippen LogP contribution in [0.4, 0.5) is 0 Å². The largest absolute Gasteiger partial charge is 0.390 e. The summed E-state index contributed by atoms with van der Waals surface area (Å²) in [5.41, 5.74) is 2.42. The molecule has 1 N–H and O–H groups in total. The molecule has 0 bridgehead atoms. The molecule has 2 aliphatic rings. The fourth-order valence-electron chi connectivity index (χ4n) is 3.31. The summed E-state index contributed by atoms with van der Waals surface area (Å²) in [5, 5.41) is 10.4. The standard InChI is InChI=1S/C15H22N4O3S/c1-10-14(23-9-16-10)15(22)19-7-12(13(21)8-19)18-5-3-17(4-6-18)11(2)20/h9,12-13,21H,3-8H2,1-2H3/t12-,13-/m1/s1. The van der Waals surface area contributed by atoms with Crippen LogP contribution in [0.2, 0.25) is 0 Å². The molecule has 0 aliphatic carbocycles. The molecule has 1 aromatic heterocycles. The Morgan fingerprint density at radius 2 is 1.91 bits per heavy atom. The van der Waals surface area contributed by atoms with Crippen molar-refractivity contribution in [3.8, 4) is 0 Å². The first-order valence-electron chi connectivity index (χ1n) is 7.84. The number of aryl methyl sites for hydroxylation is 1. The van der Waals surface area contributed by atoms with Crippen molar-refractivity contribution in [3.63, 3.8) is 0 Å². The fourth-order valence-corrected chi connectivity index (χ4v) is 4.08. The van der Waals surface area contributed by atoms with E-state index in [1.165, 1.54) is 11.3 Å². The molecule has 2 fully saturated rings. The van der Waals surface area contributed by atoms with E-state index < -0.39 is 6.10 Å². The second-order valence-electron chi connectivity index (χ2n) is 6.15. The number of hydrogen-bond donors (Lipinski definition) is 1. The number of carbonyl (C=O) groups excluding carboxylic acids is 2. The summed E-state index contributed by atoms with van der Waals surface area (Å²) >= 11 is 1.34. The maximum Gasteiger partial charge on any atom is 0.265 e. The summed E-state index contributed by atoms with van der Waals surface area (Å²) in [6, 6.07) is -0.0544. The van der Waals surface area contributed by atoms with Crippen LogP contribution in [0.5, 0.6) is 0 Å². The van der Waals surface area contributed by atoms with Gasteiger partial charge in [-0.2, -0.15) is 0 Å². The van der Waals surface area contributed by atoms with E-state index in [1.54, 1.807) is 17.3 Å². The Balaban J connectivity index is 1.62. The van der Waals surface area contributed by atoms with Gasteiger partial charge in [0, 0.05) is 46.2 Å². The van der Waals surface area contributed by atoms with Gasteiger partial charge in [-0.1, -0.05) is 0 Å². The fraction of sp³-hybridized carbons (Fsp3) is 0.667. The topological polar surface area (TPSA) is 77.0 Å². The number of aromatic nitrogens is 1. The van der Waals surface area contributed by atoms with E-state index >= 15 is 0 Å². The highest BCUT2D eigenvalue weighted by atomic mass is 32.1. The number of carbonyl (C=O) groups is 2. The predicted octanol–water partition coefficient (Wildman–Crippen LogP) is -0.199. The molecule has 1 aromatic rings. The van der Waals surface area contributed by atoms with E-state index in [9.17, 15) is 14.7 Å². The lowest BCUT2D eigenvalue weighted by atomic mass is 10.1. The number of β-amino-alcohol motifs (C(OH)–C–C–N with tert-alkyl or cyclic N) is 1. The van der Waals surface area contributed by atoms with Crippen LogP contribution in [0.15, 0.2) is 5.51 Å². The van der Waals surface area contributed by atoms with E-state index in [2.05, 4.69) is 9.88 Å². The van der Waals surface area contributed by atoms with E-state index in [0.29, 0.717) is 31.1 Å². The van der Waals surface area contributed by atoms with E-state index in [-0.39, 0.29) is 17.9 Å². The van der Waals surface area contributed by atoms with Gasteiger partial charge in [-0.05, 0) is 6.92 Å². The smallest absolute Gasteiger partial charge is 0.265 e. The summed E-state index contributed by atoms with van der Waals surface area (Å²) in [6.07, 6.45) is -0.545. The molecule has 126 valence electrons. The molecular weight excluding hydrogens is 316 g/mol. The quantitative estimate of drug-likeness (QED) is 0.808. The van der Waals surface area contributed by atoms with Crippen molar-refractivity contribution < 1.29 is 14.7 Å². The molecule has 2 aliphatic heterocycles. The normalized spacial score (nSPS) is 25.9. The van der Waals surface area contributed by atoms with E-state index in [0.717, 1.165) is 18.8 Å². The van der Waals surface area contributed by atoms with Crippen LogP contribution in [0.3, 0.4) is 0 Å². The third-order valence-corrected chi connectivity index (χ3v) is 5.63. The number of rotatable bonds is 2. The summed E-state index contributed by atoms with van der Waals surface area (Å²) in [7, 11) is 0. The molecule has 2 atom stereocenters. The molecule has 0 spiro atoms. The molecule has 0 unspecified atom stereocenters. The first-order chi connectivity index (χ1) is 11.0. The number of hydrogen-bond acceptors (Lipinski definition) is 6. The van der Waals surface area contributed by atoms with Crippen molar-refractivity contribution in [2.24, 2.45) is 0 Å². The van der Waals surface area contributed by atoms with Gasteiger partial charge in [0.25, 0.3) is 5.91 Å². The van der Waals surface area contributed by atoms with Crippen LogP contribution in [-0.4, -0.2) is 88.0 Å². The highest BCUT2D eigenvalue weighted by Gasteiger charge is 2.39. The SMILES string of the molecule is CC(=O)N1CCN([C@@H]2CN(C(=O)c3scnc3C)C[C@H]2O)CC1. The van der Waals surface area contributed by atoms with Gasteiger partial charge in [0.15, 0.2) is 0 Å². The monoisotopic (exact) mass is 338 g/mol. The first kappa shape index (κ1) is 16.4. The highest BCUT2D eigenvalue weighted by Crippen LogP contribution is 2.22. The van der Waals surface area contributed by atoms with Gasteiger partial charge < -0.3 is 14.9 Å². The first-order valence-corrected chi connectivity index (χ1v) is 8.72. The summed E-state index contributed by atoms with van der Waals surface area (Å²) in [4.78, 5) is 34.5. The summed E-state index contributed by atoms with van der Waals surface area (Å²) in [6.45, 7) is 7.13. The number of aliphatic hydroxyl groups excluding tert-OH is 1. The van der Waals surface area contributed by atoms with Crippen LogP contribution in [-0.2, 0) is 4.79 Å². The molecular formula is C15H22N4O3S. The highest BCUT2D eigenvalue weighted by molar-refractivity contribution is 7.11. The van der Waals surface area contributed by atoms with Crippen molar-refractivity contribution in [1.29, 1.82) is 0 Å². The number of aliphatic hydroxyl groups is 1. The number of likely N-dealkylation sites (tertiary alicyclic amines) is 1. The summed E-state index contributed by atoms with van der Waals surface area (Å²) < 4.78 is 0. The zero-order valence-electron chi connectivity index (χ0n) is 13.4. The lowest BCUT2D eigenvalue weighted by Gasteiger charge is -2.38. The lowest BCUT2D eigenvalue weighted by molar-refractivity contribution is -0.131. The van der Waals surface area contributed by atoms with Gasteiger partial charge in [0.2, 0.25) is 5.91 Å². The molecule has 0 saturated carbocycles. The van der Waals surface area contributed by atoms with Crippen molar-refractivity contribution in [2.75, 3.05) is 39.3 Å². The Labute approximate surface area is 139 Å². The van der Waals surface area contributed by atoms with Gasteiger partial charge in [0.05, 0.1) is 23.4 Å². The van der Waals surface area contributed by atoms with Crippen LogP contribution >= 0.6 is 11.3 Å². The second-order valence-corrected chi connectivity index (χ2v) is 7.01. The molecule has 8 heteroatoms. The van der Waals surface area contributed by atoms with Crippen LogP contribution in [0.1, 0.15) is 22.3 Å². The van der Waals surface area contributed by atoms with E-state index in [1.807, 2.05) is 11.8 Å². The average Bonchev–Trinajstić information content (AvgIpc) is 3.12. The molecule has 0 aromatic carbocycles. The van der Waals surface area contributed by atoms with Crippen LogP contribution in [0.25, 0.3) is 0 Å². The molecule has 0 radical (unpaired) electrons. The van der Waals surface area contributed by atoms with Gasteiger partial charge in [-0.3, -0.25) is 14.5 Å². The Kier molecular flexibility index (Phi) is 4.65. The van der Waals surface area contributed by atoms with Crippen molar-refractivity contribution in [3.05, 3.63) is 16.1 Å². The minimum absolute atomic E-state index is 0.0473. The van der Waals surface area contributed by atoms with Crippen LogP contribution in [0, 0.1) is 6.92 Å². The third-order valence-electron chi connectivity index (χ3n) is 4.71. The number of thiazole rings is 1. The van der Waals surface area contributed by atoms with Crippen LogP contribution < -0.4 is 0 Å². The molecule has 7 nitrogen and oxygen atoms in total. The molecule has 2 amide bonds. The molecule has 3 rings (SSSR count). The van der Waals surface area contributed by atoms with Gasteiger partial charge >= 0.3 is 0 Å². The average molecular weight is 338 g/mol. The van der Waals surface area contributed by atoms with Gasteiger partial charge in [-0.25, -0.2) is 4.98 Å². The Bertz CT molecular complexity index is 597. The second kappa shape index (κ2) is 6.54. The maximum atomic E-state index is 12.6. The Morgan fingerprint density at radius 1 is 1.22 bits per heavy atom. The number of piperazine rings is 1. The molecule has 3 heterocycles. The molecule has 23 heavy (non-hydrogen) atoms. The van der Waals surface area contributed by atoms with Gasteiger partial charge in [-0.15, -0.1) is 11.3 Å². The van der Waals surface area contributed by atoms with Crippen molar-refractivity contribution in [2.45, 2.75) is 26.0 Å². The third kappa shape index (κ3) is 3.24. The maximum absolute atomic E-state index is 12.6. The Hall–Kier alpha value is -1.51. The zero-order chi connectivity index (χ0) is 16.6. The number of amides is 2. The zero-order valence-corrected chi connectivity index (χ0v) is 14.3. The van der Waals surface area contributed by atoms with E-state index in [4.69, 9.17) is 0 Å². The minimum Gasteiger partial charge on any atom is -0.390 e. The van der Waals surface area contributed by atoms with Crippen molar-refractivity contribution in [1.82, 2.24) is 19.7 Å².